The van der Waals surface area contributed by atoms with Gasteiger partial charge in [0.15, 0.2) is 16.1 Å². The highest BCUT2D eigenvalue weighted by Crippen LogP contribution is 2.24. The highest BCUT2D eigenvalue weighted by molar-refractivity contribution is 7.10. The second-order valence-corrected chi connectivity index (χ2v) is 16.7. The molecule has 0 aliphatic carbocycles. The fraction of sp³-hybridized carbons (Fsp3) is 0. The normalized spacial score (nSPS) is 11.8. The van der Waals surface area contributed by atoms with Crippen LogP contribution in [0.2, 0.25) is 0 Å². The molecule has 5 aromatic rings. The molecule has 0 aliphatic heterocycles. The predicted octanol–water partition coefficient (Wildman–Crippen LogP) is 6.02. The van der Waals surface area contributed by atoms with E-state index in [0.29, 0.717) is 0 Å². The minimum atomic E-state index is -2.27. The van der Waals surface area contributed by atoms with Crippen molar-refractivity contribution in [1.82, 2.24) is 0 Å². The second-order valence-electron chi connectivity index (χ2n) is 9.26. The van der Waals surface area contributed by atoms with Gasteiger partial charge >= 0.3 is 0 Å². The van der Waals surface area contributed by atoms with Crippen LogP contribution in [0.1, 0.15) is 0 Å². The highest BCUT2D eigenvalue weighted by Gasteiger charge is 2.32. The van der Waals surface area contributed by atoms with Crippen molar-refractivity contribution in [3.63, 3.8) is 0 Å². The molecular formula is C34H30Si2. The van der Waals surface area contributed by atoms with Crippen LogP contribution >= 0.6 is 0 Å². The van der Waals surface area contributed by atoms with Gasteiger partial charge in [-0.3, -0.25) is 0 Å². The Labute approximate surface area is 216 Å². The number of benzene rings is 5. The molecule has 0 saturated heterocycles. The van der Waals surface area contributed by atoms with Crippen LogP contribution in [0.25, 0.3) is 21.5 Å². The average molecular weight is 495 g/mol. The zero-order chi connectivity index (χ0) is 25.2. The van der Waals surface area contributed by atoms with Crippen LogP contribution in [-0.4, -0.2) is 16.1 Å². The van der Waals surface area contributed by atoms with Crippen LogP contribution in [0.15, 0.2) is 158 Å². The van der Waals surface area contributed by atoms with Crippen molar-refractivity contribution in [1.29, 1.82) is 0 Å². The Kier molecular flexibility index (Phi) is 6.32. The Morgan fingerprint density at radius 3 is 1.08 bits per heavy atom. The van der Waals surface area contributed by atoms with Crippen LogP contribution in [0.5, 0.6) is 0 Å². The SMILES string of the molecule is C=C[Si](C=C)(c1ccccc1)c1ccc2cc3ccc([Si](C=C)(C=C)c4ccccc4)cc3cc2c1. The first-order chi connectivity index (χ1) is 17.6. The molecule has 5 rings (SSSR count). The quantitative estimate of drug-likeness (QED) is 0.183. The molecule has 0 unspecified atom stereocenters. The van der Waals surface area contributed by atoms with Gasteiger partial charge in [-0.25, -0.2) is 0 Å². The summed E-state index contributed by atoms with van der Waals surface area (Å²) in [6, 6.07) is 39.6. The molecule has 5 aromatic carbocycles. The molecule has 0 spiro atoms. The molecule has 0 aliphatic rings. The van der Waals surface area contributed by atoms with Crippen molar-refractivity contribution < 1.29 is 0 Å². The van der Waals surface area contributed by atoms with Crippen LogP contribution in [0.4, 0.5) is 0 Å². The molecule has 0 saturated carbocycles. The third kappa shape index (κ3) is 3.76. The predicted molar refractivity (Wildman–Crippen MR) is 165 cm³/mol. The molecule has 0 N–H and O–H groups in total. The number of hydrogen-bond acceptors (Lipinski definition) is 0. The van der Waals surface area contributed by atoms with Crippen LogP contribution in [0, 0.1) is 0 Å². The van der Waals surface area contributed by atoms with E-state index < -0.39 is 16.1 Å². The molecular weight excluding hydrogens is 465 g/mol. The van der Waals surface area contributed by atoms with Gasteiger partial charge in [0.1, 0.15) is 0 Å². The number of rotatable bonds is 8. The molecule has 36 heavy (non-hydrogen) atoms. The molecule has 0 radical (unpaired) electrons. The topological polar surface area (TPSA) is 0 Å². The Morgan fingerprint density at radius 1 is 0.361 bits per heavy atom. The van der Waals surface area contributed by atoms with Crippen LogP contribution < -0.4 is 20.7 Å². The molecule has 174 valence electrons. The summed E-state index contributed by atoms with van der Waals surface area (Å²) in [6.45, 7) is 17.0. The fourth-order valence-electron chi connectivity index (χ4n) is 5.38. The summed E-state index contributed by atoms with van der Waals surface area (Å²) in [5, 5.41) is 10.1. The lowest BCUT2D eigenvalue weighted by molar-refractivity contribution is 1.73. The molecule has 0 fully saturated rings. The van der Waals surface area contributed by atoms with Crippen molar-refractivity contribution in [2.24, 2.45) is 0 Å². The van der Waals surface area contributed by atoms with E-state index in [4.69, 9.17) is 0 Å². The van der Waals surface area contributed by atoms with E-state index in [1.807, 2.05) is 0 Å². The van der Waals surface area contributed by atoms with Gasteiger partial charge in [0.05, 0.1) is 0 Å². The van der Waals surface area contributed by atoms with Gasteiger partial charge in [0, 0.05) is 0 Å². The monoisotopic (exact) mass is 494 g/mol. The summed E-state index contributed by atoms with van der Waals surface area (Å²) in [5.74, 6) is 0. The number of fused-ring (bicyclic) bond motifs is 2. The third-order valence-electron chi connectivity index (χ3n) is 7.54. The van der Waals surface area contributed by atoms with Crippen molar-refractivity contribution in [3.05, 3.63) is 158 Å². The van der Waals surface area contributed by atoms with Crippen LogP contribution in [0.3, 0.4) is 0 Å². The standard InChI is InChI=1S/C34H30Si2/c1-5-35(6-2,31-15-11-9-12-16-31)33-21-19-27-23-28-20-22-34(26-30(28)24-29(27)25-33)36(7-3,8-4)32-17-13-10-14-18-32/h5-26H,1-4H2. The maximum atomic E-state index is 4.25. The zero-order valence-corrected chi connectivity index (χ0v) is 22.5. The summed E-state index contributed by atoms with van der Waals surface area (Å²) in [6.07, 6.45) is 0. The fourth-order valence-corrected chi connectivity index (χ4v) is 11.3. The Morgan fingerprint density at radius 2 is 0.722 bits per heavy atom. The number of hydrogen-bond donors (Lipinski definition) is 0. The van der Waals surface area contributed by atoms with Gasteiger partial charge in [-0.1, -0.05) is 120 Å². The smallest absolute Gasteiger partial charge is 0.106 e. The summed E-state index contributed by atoms with van der Waals surface area (Å²) in [5.41, 5.74) is 8.51. The van der Waals surface area contributed by atoms with Crippen molar-refractivity contribution in [2.45, 2.75) is 0 Å². The summed E-state index contributed by atoms with van der Waals surface area (Å²) < 4.78 is 0. The second kappa shape index (κ2) is 9.58. The maximum Gasteiger partial charge on any atom is 0.164 e. The highest BCUT2D eigenvalue weighted by atomic mass is 28.3. The van der Waals surface area contributed by atoms with E-state index in [1.165, 1.54) is 42.3 Å². The van der Waals surface area contributed by atoms with E-state index in [2.05, 4.69) is 158 Å². The molecule has 0 heterocycles. The van der Waals surface area contributed by atoms with E-state index >= 15 is 0 Å². The molecule has 0 atom stereocenters. The zero-order valence-electron chi connectivity index (χ0n) is 20.5. The molecule has 0 amide bonds. The lowest BCUT2D eigenvalue weighted by Gasteiger charge is -2.27. The lowest BCUT2D eigenvalue weighted by atomic mass is 10.0. The van der Waals surface area contributed by atoms with Gasteiger partial charge in [-0.05, 0) is 54.4 Å². The Balaban J connectivity index is 1.69. The molecule has 0 bridgehead atoms. The van der Waals surface area contributed by atoms with E-state index in [-0.39, 0.29) is 0 Å². The molecule has 0 nitrogen and oxygen atoms in total. The first-order valence-electron chi connectivity index (χ1n) is 12.2. The third-order valence-corrected chi connectivity index (χ3v) is 15.2. The van der Waals surface area contributed by atoms with E-state index in [9.17, 15) is 0 Å². The van der Waals surface area contributed by atoms with Gasteiger partial charge in [0.25, 0.3) is 0 Å². The van der Waals surface area contributed by atoms with E-state index in [1.54, 1.807) is 0 Å². The molecule has 0 aromatic heterocycles. The first-order valence-corrected chi connectivity index (χ1v) is 16.5. The lowest BCUT2D eigenvalue weighted by Crippen LogP contribution is -2.55. The van der Waals surface area contributed by atoms with Crippen molar-refractivity contribution in [2.75, 3.05) is 0 Å². The van der Waals surface area contributed by atoms with Gasteiger partial charge in [-0.15, -0.1) is 26.3 Å². The molecule has 2 heteroatoms. The summed E-state index contributed by atoms with van der Waals surface area (Å²) in [4.78, 5) is 0. The maximum absolute atomic E-state index is 4.25. The van der Waals surface area contributed by atoms with Gasteiger partial charge < -0.3 is 0 Å². The minimum Gasteiger partial charge on any atom is -0.106 e. The van der Waals surface area contributed by atoms with E-state index in [0.717, 1.165) is 0 Å². The summed E-state index contributed by atoms with van der Waals surface area (Å²) in [7, 11) is -4.54. The van der Waals surface area contributed by atoms with Gasteiger partial charge in [-0.2, -0.15) is 0 Å². The largest absolute Gasteiger partial charge is 0.164 e. The van der Waals surface area contributed by atoms with Crippen molar-refractivity contribution >= 4 is 58.4 Å². The van der Waals surface area contributed by atoms with Crippen molar-refractivity contribution in [3.8, 4) is 0 Å². The first kappa shape index (κ1) is 23.7. The minimum absolute atomic E-state index is 1.23. The average Bonchev–Trinajstić information content (AvgIpc) is 2.95. The Hall–Kier alpha value is -3.99. The van der Waals surface area contributed by atoms with Gasteiger partial charge in [0.2, 0.25) is 0 Å². The Bertz CT molecular complexity index is 1460. The van der Waals surface area contributed by atoms with Crippen LogP contribution in [-0.2, 0) is 0 Å². The summed E-state index contributed by atoms with van der Waals surface area (Å²) >= 11 is 0.